The van der Waals surface area contributed by atoms with Crippen LogP contribution in [0.1, 0.15) is 11.1 Å². The largest absolute Gasteiger partial charge is 0.381 e. The van der Waals surface area contributed by atoms with Crippen LogP contribution in [0.3, 0.4) is 0 Å². The number of halogens is 2. The normalized spacial score (nSPS) is 10.2. The lowest BCUT2D eigenvalue weighted by Gasteiger charge is -2.12. The maximum absolute atomic E-state index is 13.8. The SMILES string of the molecule is CNC(=O)Cc1ccccc1NCc1ccc(Br)cc1F. The average molecular weight is 351 g/mol. The smallest absolute Gasteiger partial charge is 0.224 e. The molecule has 2 rings (SSSR count). The molecule has 0 bridgehead atoms. The van der Waals surface area contributed by atoms with Gasteiger partial charge in [-0.25, -0.2) is 4.39 Å². The van der Waals surface area contributed by atoms with Crippen molar-refractivity contribution in [3.63, 3.8) is 0 Å². The zero-order valence-electron chi connectivity index (χ0n) is 11.6. The van der Waals surface area contributed by atoms with Crippen molar-refractivity contribution in [1.29, 1.82) is 0 Å². The molecule has 0 heterocycles. The van der Waals surface area contributed by atoms with Gasteiger partial charge >= 0.3 is 0 Å². The molecular weight excluding hydrogens is 335 g/mol. The number of hydrogen-bond donors (Lipinski definition) is 2. The first-order valence-electron chi connectivity index (χ1n) is 6.56. The van der Waals surface area contributed by atoms with E-state index in [1.54, 1.807) is 19.2 Å². The fourth-order valence-corrected chi connectivity index (χ4v) is 2.30. The summed E-state index contributed by atoms with van der Waals surface area (Å²) < 4.78 is 14.5. The summed E-state index contributed by atoms with van der Waals surface area (Å²) in [6.07, 6.45) is 0.294. The molecule has 2 N–H and O–H groups in total. The first-order valence-corrected chi connectivity index (χ1v) is 7.35. The minimum Gasteiger partial charge on any atom is -0.381 e. The lowest BCUT2D eigenvalue weighted by Crippen LogP contribution is -2.20. The van der Waals surface area contributed by atoms with Gasteiger partial charge in [0.1, 0.15) is 5.82 Å². The van der Waals surface area contributed by atoms with Crippen LogP contribution in [0.2, 0.25) is 0 Å². The van der Waals surface area contributed by atoms with E-state index in [-0.39, 0.29) is 11.7 Å². The second kappa shape index (κ2) is 7.22. The molecule has 0 radical (unpaired) electrons. The van der Waals surface area contributed by atoms with Crippen LogP contribution in [-0.4, -0.2) is 13.0 Å². The summed E-state index contributed by atoms with van der Waals surface area (Å²) in [5.41, 5.74) is 2.30. The van der Waals surface area contributed by atoms with Gasteiger partial charge in [-0.3, -0.25) is 4.79 Å². The van der Waals surface area contributed by atoms with Crippen LogP contribution < -0.4 is 10.6 Å². The number of anilines is 1. The monoisotopic (exact) mass is 350 g/mol. The lowest BCUT2D eigenvalue weighted by atomic mass is 10.1. The molecule has 0 aliphatic heterocycles. The minimum atomic E-state index is -0.263. The molecule has 0 fully saturated rings. The molecule has 5 heteroatoms. The minimum absolute atomic E-state index is 0.0564. The van der Waals surface area contributed by atoms with Crippen LogP contribution in [0.25, 0.3) is 0 Å². The van der Waals surface area contributed by atoms with Crippen molar-refractivity contribution in [2.24, 2.45) is 0 Å². The highest BCUT2D eigenvalue weighted by Gasteiger charge is 2.07. The molecule has 110 valence electrons. The topological polar surface area (TPSA) is 41.1 Å². The van der Waals surface area contributed by atoms with Gasteiger partial charge in [0.25, 0.3) is 0 Å². The maximum Gasteiger partial charge on any atom is 0.224 e. The average Bonchev–Trinajstić information content (AvgIpc) is 2.47. The molecule has 0 unspecified atom stereocenters. The number of likely N-dealkylation sites (N-methyl/N-ethyl adjacent to an activating group) is 1. The van der Waals surface area contributed by atoms with Gasteiger partial charge in [-0.2, -0.15) is 0 Å². The quantitative estimate of drug-likeness (QED) is 0.866. The van der Waals surface area contributed by atoms with E-state index in [2.05, 4.69) is 26.6 Å². The Bertz CT molecular complexity index is 646. The van der Waals surface area contributed by atoms with E-state index in [4.69, 9.17) is 0 Å². The van der Waals surface area contributed by atoms with Crippen LogP contribution in [0, 0.1) is 5.82 Å². The molecule has 2 aromatic carbocycles. The van der Waals surface area contributed by atoms with E-state index in [0.29, 0.717) is 23.0 Å². The summed E-state index contributed by atoms with van der Waals surface area (Å²) in [5.74, 6) is -0.320. The van der Waals surface area contributed by atoms with Crippen LogP contribution in [0.5, 0.6) is 0 Å². The molecule has 0 atom stereocenters. The van der Waals surface area contributed by atoms with Crippen LogP contribution in [0.15, 0.2) is 46.9 Å². The molecule has 0 aromatic heterocycles. The number of hydrogen-bond acceptors (Lipinski definition) is 2. The van der Waals surface area contributed by atoms with Gasteiger partial charge in [0, 0.05) is 29.3 Å². The highest BCUT2D eigenvalue weighted by atomic mass is 79.9. The van der Waals surface area contributed by atoms with Gasteiger partial charge in [-0.1, -0.05) is 40.2 Å². The predicted octanol–water partition coefficient (Wildman–Crippen LogP) is 3.49. The molecule has 3 nitrogen and oxygen atoms in total. The molecule has 2 aromatic rings. The van der Waals surface area contributed by atoms with Gasteiger partial charge < -0.3 is 10.6 Å². The maximum atomic E-state index is 13.8. The van der Waals surface area contributed by atoms with Crippen molar-refractivity contribution in [3.8, 4) is 0 Å². The van der Waals surface area contributed by atoms with E-state index in [0.717, 1.165) is 11.3 Å². The summed E-state index contributed by atoms with van der Waals surface area (Å²) in [6, 6.07) is 12.5. The van der Waals surface area contributed by atoms with Crippen LogP contribution in [0.4, 0.5) is 10.1 Å². The fraction of sp³-hybridized carbons (Fsp3) is 0.188. The van der Waals surface area contributed by atoms with Gasteiger partial charge in [0.05, 0.1) is 6.42 Å². The first-order chi connectivity index (χ1) is 10.1. The Balaban J connectivity index is 2.11. The van der Waals surface area contributed by atoms with Crippen molar-refractivity contribution >= 4 is 27.5 Å². The Kier molecular flexibility index (Phi) is 5.33. The summed E-state index contributed by atoms with van der Waals surface area (Å²) in [5, 5.41) is 5.78. The predicted molar refractivity (Wildman–Crippen MR) is 85.6 cm³/mol. The third kappa shape index (κ3) is 4.29. The third-order valence-corrected chi connectivity index (χ3v) is 3.62. The molecule has 0 aliphatic rings. The molecule has 0 saturated heterocycles. The molecule has 21 heavy (non-hydrogen) atoms. The van der Waals surface area contributed by atoms with Gasteiger partial charge in [0.2, 0.25) is 5.91 Å². The molecular formula is C16H16BrFN2O. The summed E-state index contributed by atoms with van der Waals surface area (Å²) in [6.45, 7) is 0.365. The van der Waals surface area contributed by atoms with Gasteiger partial charge in [-0.15, -0.1) is 0 Å². The summed E-state index contributed by atoms with van der Waals surface area (Å²) >= 11 is 3.23. The molecule has 0 spiro atoms. The van der Waals surface area contributed by atoms with Gasteiger partial charge in [0.15, 0.2) is 0 Å². The first kappa shape index (κ1) is 15.5. The summed E-state index contributed by atoms with van der Waals surface area (Å²) in [7, 11) is 1.61. The van der Waals surface area contributed by atoms with E-state index in [9.17, 15) is 9.18 Å². The van der Waals surface area contributed by atoms with Crippen molar-refractivity contribution < 1.29 is 9.18 Å². The van der Waals surface area contributed by atoms with E-state index < -0.39 is 0 Å². The second-order valence-electron chi connectivity index (χ2n) is 4.60. The summed E-state index contributed by atoms with van der Waals surface area (Å²) in [4.78, 5) is 11.5. The molecule has 0 aliphatic carbocycles. The number of carbonyl (C=O) groups excluding carboxylic acids is 1. The van der Waals surface area contributed by atoms with Crippen molar-refractivity contribution in [1.82, 2.24) is 5.32 Å². The van der Waals surface area contributed by atoms with E-state index in [1.807, 2.05) is 24.3 Å². The number of benzene rings is 2. The number of para-hydroxylation sites is 1. The highest BCUT2D eigenvalue weighted by Crippen LogP contribution is 2.19. The fourth-order valence-electron chi connectivity index (χ4n) is 1.96. The highest BCUT2D eigenvalue weighted by molar-refractivity contribution is 9.10. The molecule has 0 saturated carbocycles. The standard InChI is InChI=1S/C16H16BrFN2O/c1-19-16(21)8-11-4-2-3-5-15(11)20-10-12-6-7-13(17)9-14(12)18/h2-7,9,20H,8,10H2,1H3,(H,19,21). The second-order valence-corrected chi connectivity index (χ2v) is 5.51. The third-order valence-electron chi connectivity index (χ3n) is 3.13. The Labute approximate surface area is 131 Å². The zero-order valence-corrected chi connectivity index (χ0v) is 13.2. The Morgan fingerprint density at radius 2 is 1.95 bits per heavy atom. The van der Waals surface area contributed by atoms with Crippen molar-refractivity contribution in [2.45, 2.75) is 13.0 Å². The Hall–Kier alpha value is -1.88. The number of nitrogens with one attached hydrogen (secondary N) is 2. The van der Waals surface area contributed by atoms with E-state index in [1.165, 1.54) is 6.07 Å². The van der Waals surface area contributed by atoms with Crippen LogP contribution in [-0.2, 0) is 17.8 Å². The van der Waals surface area contributed by atoms with Crippen LogP contribution >= 0.6 is 15.9 Å². The van der Waals surface area contributed by atoms with Gasteiger partial charge in [-0.05, 0) is 23.8 Å². The Morgan fingerprint density at radius 3 is 2.67 bits per heavy atom. The number of carbonyl (C=O) groups is 1. The lowest BCUT2D eigenvalue weighted by molar-refractivity contribution is -0.119. The van der Waals surface area contributed by atoms with E-state index >= 15 is 0 Å². The molecule has 1 amide bonds. The number of rotatable bonds is 5. The zero-order chi connectivity index (χ0) is 15.2. The van der Waals surface area contributed by atoms with Crippen molar-refractivity contribution in [2.75, 3.05) is 12.4 Å². The number of amides is 1. The Morgan fingerprint density at radius 1 is 1.19 bits per heavy atom. The van der Waals surface area contributed by atoms with Crippen molar-refractivity contribution in [3.05, 3.63) is 63.9 Å².